The van der Waals surface area contributed by atoms with Gasteiger partial charge in [-0.25, -0.2) is 0 Å². The Bertz CT molecular complexity index is 501. The van der Waals surface area contributed by atoms with E-state index < -0.39 is 0 Å². The van der Waals surface area contributed by atoms with E-state index in [1.54, 1.807) is 0 Å². The Balaban J connectivity index is 1.68. The number of ether oxygens (including phenoxy) is 1. The lowest BCUT2D eigenvalue weighted by Crippen LogP contribution is -2.37. The Morgan fingerprint density at radius 3 is 2.32 bits per heavy atom. The fraction of sp³-hybridized carbons (Fsp3) is 0.294. The van der Waals surface area contributed by atoms with Crippen LogP contribution >= 0.6 is 0 Å². The number of benzene rings is 2. The summed E-state index contributed by atoms with van der Waals surface area (Å²) in [5.74, 6) is 0.966. The van der Waals surface area contributed by atoms with E-state index in [4.69, 9.17) is 4.74 Å². The van der Waals surface area contributed by atoms with Gasteiger partial charge in [0.25, 0.3) is 0 Å². The summed E-state index contributed by atoms with van der Waals surface area (Å²) >= 11 is 0. The van der Waals surface area contributed by atoms with Crippen LogP contribution < -0.4 is 10.1 Å². The topological polar surface area (TPSA) is 21.3 Å². The second-order valence-corrected chi connectivity index (χ2v) is 4.98. The quantitative estimate of drug-likeness (QED) is 0.904. The molecule has 1 aliphatic heterocycles. The fourth-order valence-corrected chi connectivity index (χ4v) is 2.47. The standard InChI is InChI=1S/C17H19NO/c1-2-5-14(6-3-1)15-8-10-16(11-9-15)19-17-7-4-12-18-13-17/h1-3,5-6,8-11,17-18H,4,7,12-13H2. The normalized spacial score (nSPS) is 19.1. The Labute approximate surface area is 114 Å². The lowest BCUT2D eigenvalue weighted by atomic mass is 10.1. The molecule has 0 spiro atoms. The van der Waals surface area contributed by atoms with Gasteiger partial charge in [-0.2, -0.15) is 0 Å². The molecule has 2 aromatic rings. The molecule has 19 heavy (non-hydrogen) atoms. The molecular formula is C17H19NO. The third kappa shape index (κ3) is 3.15. The van der Waals surface area contributed by atoms with E-state index >= 15 is 0 Å². The van der Waals surface area contributed by atoms with Gasteiger partial charge in [0, 0.05) is 6.54 Å². The van der Waals surface area contributed by atoms with Crippen LogP contribution in [0.25, 0.3) is 11.1 Å². The molecule has 1 aliphatic rings. The zero-order valence-corrected chi connectivity index (χ0v) is 11.0. The predicted octanol–water partition coefficient (Wildman–Crippen LogP) is 3.48. The van der Waals surface area contributed by atoms with Crippen LogP contribution in [0.2, 0.25) is 0 Å². The van der Waals surface area contributed by atoms with Gasteiger partial charge in [-0.15, -0.1) is 0 Å². The predicted molar refractivity (Wildman–Crippen MR) is 78.4 cm³/mol. The molecule has 2 aromatic carbocycles. The summed E-state index contributed by atoms with van der Waals surface area (Å²) in [6.07, 6.45) is 2.66. The van der Waals surface area contributed by atoms with E-state index in [0.29, 0.717) is 6.10 Å². The van der Waals surface area contributed by atoms with Gasteiger partial charge >= 0.3 is 0 Å². The summed E-state index contributed by atoms with van der Waals surface area (Å²) in [6, 6.07) is 18.8. The number of piperidine rings is 1. The van der Waals surface area contributed by atoms with Gasteiger partial charge in [0.1, 0.15) is 11.9 Å². The Morgan fingerprint density at radius 1 is 0.895 bits per heavy atom. The van der Waals surface area contributed by atoms with Crippen LogP contribution in [0.15, 0.2) is 54.6 Å². The van der Waals surface area contributed by atoms with Crippen molar-refractivity contribution in [3.63, 3.8) is 0 Å². The lowest BCUT2D eigenvalue weighted by molar-refractivity contribution is 0.167. The average Bonchev–Trinajstić information content (AvgIpc) is 2.50. The molecule has 2 nitrogen and oxygen atoms in total. The first kappa shape index (κ1) is 12.2. The molecule has 0 aliphatic carbocycles. The first-order chi connectivity index (χ1) is 9.42. The molecule has 1 N–H and O–H groups in total. The summed E-state index contributed by atoms with van der Waals surface area (Å²) < 4.78 is 5.98. The SMILES string of the molecule is c1ccc(-c2ccc(OC3CCCNC3)cc2)cc1. The Morgan fingerprint density at radius 2 is 1.63 bits per heavy atom. The molecule has 98 valence electrons. The van der Waals surface area contributed by atoms with Crippen LogP contribution in [0.5, 0.6) is 5.75 Å². The van der Waals surface area contributed by atoms with E-state index in [-0.39, 0.29) is 0 Å². The molecule has 0 saturated carbocycles. The molecule has 2 heteroatoms. The summed E-state index contributed by atoms with van der Waals surface area (Å²) in [4.78, 5) is 0. The van der Waals surface area contributed by atoms with Crippen LogP contribution in [0.4, 0.5) is 0 Å². The third-order valence-electron chi connectivity index (χ3n) is 3.52. The minimum atomic E-state index is 0.316. The third-order valence-corrected chi connectivity index (χ3v) is 3.52. The molecule has 1 atom stereocenters. The summed E-state index contributed by atoms with van der Waals surface area (Å²) in [6.45, 7) is 2.08. The summed E-state index contributed by atoms with van der Waals surface area (Å²) in [5, 5.41) is 3.37. The van der Waals surface area contributed by atoms with E-state index in [9.17, 15) is 0 Å². The van der Waals surface area contributed by atoms with Gasteiger partial charge in [-0.05, 0) is 42.6 Å². The van der Waals surface area contributed by atoms with E-state index in [0.717, 1.165) is 25.3 Å². The summed E-state index contributed by atoms with van der Waals surface area (Å²) in [7, 11) is 0. The van der Waals surface area contributed by atoms with Crippen LogP contribution in [-0.4, -0.2) is 19.2 Å². The molecule has 0 amide bonds. The molecular weight excluding hydrogens is 234 g/mol. The fourth-order valence-electron chi connectivity index (χ4n) is 2.47. The second kappa shape index (κ2) is 5.89. The molecule has 1 heterocycles. The van der Waals surface area contributed by atoms with Crippen LogP contribution in [0, 0.1) is 0 Å². The van der Waals surface area contributed by atoms with Crippen LogP contribution in [0.1, 0.15) is 12.8 Å². The van der Waals surface area contributed by atoms with Gasteiger partial charge in [-0.1, -0.05) is 42.5 Å². The van der Waals surface area contributed by atoms with Crippen molar-refractivity contribution < 1.29 is 4.74 Å². The maximum absolute atomic E-state index is 5.98. The lowest BCUT2D eigenvalue weighted by Gasteiger charge is -2.24. The van der Waals surface area contributed by atoms with Gasteiger partial charge in [-0.3, -0.25) is 0 Å². The Kier molecular flexibility index (Phi) is 3.80. The zero-order chi connectivity index (χ0) is 12.9. The molecule has 0 radical (unpaired) electrons. The minimum Gasteiger partial charge on any atom is -0.489 e. The highest BCUT2D eigenvalue weighted by molar-refractivity contribution is 5.63. The van der Waals surface area contributed by atoms with Crippen molar-refractivity contribution in [2.75, 3.05) is 13.1 Å². The maximum Gasteiger partial charge on any atom is 0.119 e. The molecule has 1 fully saturated rings. The van der Waals surface area contributed by atoms with Gasteiger partial charge in [0.2, 0.25) is 0 Å². The molecule has 1 saturated heterocycles. The van der Waals surface area contributed by atoms with Gasteiger partial charge in [0.15, 0.2) is 0 Å². The number of rotatable bonds is 3. The highest BCUT2D eigenvalue weighted by Crippen LogP contribution is 2.23. The van der Waals surface area contributed by atoms with E-state index in [2.05, 4.69) is 53.8 Å². The largest absolute Gasteiger partial charge is 0.489 e. The number of hydrogen-bond acceptors (Lipinski definition) is 2. The monoisotopic (exact) mass is 253 g/mol. The van der Waals surface area contributed by atoms with Crippen molar-refractivity contribution >= 4 is 0 Å². The van der Waals surface area contributed by atoms with Crippen molar-refractivity contribution in [1.82, 2.24) is 5.32 Å². The van der Waals surface area contributed by atoms with Gasteiger partial charge in [0.05, 0.1) is 0 Å². The number of hydrogen-bond donors (Lipinski definition) is 1. The average molecular weight is 253 g/mol. The highest BCUT2D eigenvalue weighted by Gasteiger charge is 2.14. The van der Waals surface area contributed by atoms with Crippen molar-refractivity contribution in [2.45, 2.75) is 18.9 Å². The maximum atomic E-state index is 5.98. The van der Waals surface area contributed by atoms with E-state index in [1.165, 1.54) is 17.5 Å². The summed E-state index contributed by atoms with van der Waals surface area (Å²) in [5.41, 5.74) is 2.48. The highest BCUT2D eigenvalue weighted by atomic mass is 16.5. The van der Waals surface area contributed by atoms with Crippen molar-refractivity contribution in [2.24, 2.45) is 0 Å². The van der Waals surface area contributed by atoms with Crippen molar-refractivity contribution in [3.05, 3.63) is 54.6 Å². The minimum absolute atomic E-state index is 0.316. The molecule has 0 bridgehead atoms. The molecule has 1 unspecified atom stereocenters. The molecule has 3 rings (SSSR count). The van der Waals surface area contributed by atoms with Crippen molar-refractivity contribution in [3.8, 4) is 16.9 Å². The molecule has 0 aromatic heterocycles. The Hall–Kier alpha value is -1.80. The van der Waals surface area contributed by atoms with Crippen LogP contribution in [0.3, 0.4) is 0 Å². The van der Waals surface area contributed by atoms with E-state index in [1.807, 2.05) is 6.07 Å². The van der Waals surface area contributed by atoms with Crippen molar-refractivity contribution in [1.29, 1.82) is 0 Å². The second-order valence-electron chi connectivity index (χ2n) is 4.98. The smallest absolute Gasteiger partial charge is 0.119 e. The van der Waals surface area contributed by atoms with Crippen LogP contribution in [-0.2, 0) is 0 Å². The first-order valence-corrected chi connectivity index (χ1v) is 6.95. The zero-order valence-electron chi connectivity index (χ0n) is 11.0. The van der Waals surface area contributed by atoms with Gasteiger partial charge < -0.3 is 10.1 Å². The number of nitrogens with one attached hydrogen (secondary N) is 1. The first-order valence-electron chi connectivity index (χ1n) is 6.95.